The van der Waals surface area contributed by atoms with Gasteiger partial charge in [-0.3, -0.25) is 4.79 Å². The lowest BCUT2D eigenvalue weighted by molar-refractivity contribution is -0.116. The standard InChI is InChI=1S/C21H25N3O3/c1-23-10-12-24(13-11-23)18-6-4-17(5-7-18)22-21(25)9-3-16-2-8-19-20(14-16)27-15-26-19/h2,4-8,14H,3,9-13,15H2,1H3,(H,22,25). The van der Waals surface area contributed by atoms with Crippen molar-refractivity contribution < 1.29 is 14.3 Å². The fourth-order valence-corrected chi connectivity index (χ4v) is 3.40. The van der Waals surface area contributed by atoms with Gasteiger partial charge in [-0.2, -0.15) is 0 Å². The fraction of sp³-hybridized carbons (Fsp3) is 0.381. The monoisotopic (exact) mass is 367 g/mol. The highest BCUT2D eigenvalue weighted by Gasteiger charge is 2.15. The summed E-state index contributed by atoms with van der Waals surface area (Å²) in [6.45, 7) is 4.51. The number of anilines is 2. The molecule has 1 fully saturated rings. The predicted octanol–water partition coefficient (Wildman–Crippen LogP) is 2.74. The highest BCUT2D eigenvalue weighted by Crippen LogP contribution is 2.32. The molecule has 1 amide bonds. The van der Waals surface area contributed by atoms with Gasteiger partial charge in [0, 0.05) is 44.0 Å². The first-order valence-electron chi connectivity index (χ1n) is 9.39. The van der Waals surface area contributed by atoms with Crippen molar-refractivity contribution in [3.63, 3.8) is 0 Å². The number of piperazine rings is 1. The molecule has 0 atom stereocenters. The fourth-order valence-electron chi connectivity index (χ4n) is 3.40. The second-order valence-corrected chi connectivity index (χ2v) is 7.07. The number of fused-ring (bicyclic) bond motifs is 1. The van der Waals surface area contributed by atoms with Crippen molar-refractivity contribution in [2.24, 2.45) is 0 Å². The first-order valence-corrected chi connectivity index (χ1v) is 9.39. The molecule has 0 aliphatic carbocycles. The topological polar surface area (TPSA) is 54.0 Å². The zero-order chi connectivity index (χ0) is 18.6. The van der Waals surface area contributed by atoms with Crippen LogP contribution in [-0.4, -0.2) is 50.8 Å². The third-order valence-corrected chi connectivity index (χ3v) is 5.10. The normalized spacial score (nSPS) is 16.4. The SMILES string of the molecule is CN1CCN(c2ccc(NC(=O)CCc3ccc4c(c3)OCO4)cc2)CC1. The van der Waals surface area contributed by atoms with Gasteiger partial charge < -0.3 is 24.6 Å². The van der Waals surface area contributed by atoms with Crippen LogP contribution in [0.1, 0.15) is 12.0 Å². The molecule has 6 nitrogen and oxygen atoms in total. The summed E-state index contributed by atoms with van der Waals surface area (Å²) < 4.78 is 10.7. The molecule has 1 saturated heterocycles. The molecule has 2 aromatic carbocycles. The van der Waals surface area contributed by atoms with Crippen LogP contribution in [0.2, 0.25) is 0 Å². The number of nitrogens with one attached hydrogen (secondary N) is 1. The van der Waals surface area contributed by atoms with E-state index in [1.54, 1.807) is 0 Å². The number of hydrogen-bond acceptors (Lipinski definition) is 5. The van der Waals surface area contributed by atoms with Crippen LogP contribution in [0.5, 0.6) is 11.5 Å². The summed E-state index contributed by atoms with van der Waals surface area (Å²) >= 11 is 0. The van der Waals surface area contributed by atoms with Crippen molar-refractivity contribution in [3.05, 3.63) is 48.0 Å². The van der Waals surface area contributed by atoms with E-state index in [0.29, 0.717) is 12.8 Å². The van der Waals surface area contributed by atoms with Gasteiger partial charge in [-0.1, -0.05) is 6.07 Å². The van der Waals surface area contributed by atoms with E-state index in [0.717, 1.165) is 48.9 Å². The molecule has 0 radical (unpaired) electrons. The Morgan fingerprint density at radius 1 is 1.00 bits per heavy atom. The number of benzene rings is 2. The molecule has 0 spiro atoms. The number of hydrogen-bond donors (Lipinski definition) is 1. The largest absolute Gasteiger partial charge is 0.454 e. The van der Waals surface area contributed by atoms with Gasteiger partial charge in [0.25, 0.3) is 0 Å². The Balaban J connectivity index is 1.28. The summed E-state index contributed by atoms with van der Waals surface area (Å²) in [5.41, 5.74) is 3.12. The number of likely N-dealkylation sites (N-methyl/N-ethyl adjacent to an activating group) is 1. The summed E-state index contributed by atoms with van der Waals surface area (Å²) in [5.74, 6) is 1.54. The van der Waals surface area contributed by atoms with Crippen molar-refractivity contribution in [2.75, 3.05) is 50.2 Å². The number of carbonyl (C=O) groups excluding carboxylic acids is 1. The lowest BCUT2D eigenvalue weighted by Gasteiger charge is -2.34. The molecule has 4 rings (SSSR count). The molecular weight excluding hydrogens is 342 g/mol. The van der Waals surface area contributed by atoms with E-state index in [9.17, 15) is 4.79 Å². The van der Waals surface area contributed by atoms with Gasteiger partial charge in [0.05, 0.1) is 0 Å². The molecule has 0 unspecified atom stereocenters. The molecule has 27 heavy (non-hydrogen) atoms. The van der Waals surface area contributed by atoms with Gasteiger partial charge in [-0.25, -0.2) is 0 Å². The van der Waals surface area contributed by atoms with E-state index < -0.39 is 0 Å². The van der Waals surface area contributed by atoms with Crippen molar-refractivity contribution in [2.45, 2.75) is 12.8 Å². The number of amides is 1. The van der Waals surface area contributed by atoms with Gasteiger partial charge in [0.2, 0.25) is 12.7 Å². The van der Waals surface area contributed by atoms with Crippen LogP contribution in [0.3, 0.4) is 0 Å². The quantitative estimate of drug-likeness (QED) is 0.881. The average molecular weight is 367 g/mol. The van der Waals surface area contributed by atoms with E-state index in [2.05, 4.69) is 34.3 Å². The van der Waals surface area contributed by atoms with Crippen molar-refractivity contribution >= 4 is 17.3 Å². The van der Waals surface area contributed by atoms with Gasteiger partial charge in [0.1, 0.15) is 0 Å². The van der Waals surface area contributed by atoms with E-state index >= 15 is 0 Å². The maximum atomic E-state index is 12.3. The molecule has 2 heterocycles. The van der Waals surface area contributed by atoms with Crippen LogP contribution in [-0.2, 0) is 11.2 Å². The number of aryl methyl sites for hydroxylation is 1. The van der Waals surface area contributed by atoms with Crippen molar-refractivity contribution in [1.29, 1.82) is 0 Å². The van der Waals surface area contributed by atoms with Crippen LogP contribution in [0, 0.1) is 0 Å². The van der Waals surface area contributed by atoms with Crippen LogP contribution in [0.25, 0.3) is 0 Å². The average Bonchev–Trinajstić information content (AvgIpc) is 3.15. The smallest absolute Gasteiger partial charge is 0.231 e. The Morgan fingerprint density at radius 2 is 1.74 bits per heavy atom. The predicted molar refractivity (Wildman–Crippen MR) is 106 cm³/mol. The van der Waals surface area contributed by atoms with Gasteiger partial charge in [0.15, 0.2) is 11.5 Å². The maximum Gasteiger partial charge on any atom is 0.231 e. The van der Waals surface area contributed by atoms with Gasteiger partial charge in [-0.15, -0.1) is 0 Å². The summed E-state index contributed by atoms with van der Waals surface area (Å²) in [5, 5.41) is 2.98. The number of rotatable bonds is 5. The van der Waals surface area contributed by atoms with E-state index in [-0.39, 0.29) is 12.7 Å². The van der Waals surface area contributed by atoms with Crippen molar-refractivity contribution in [3.8, 4) is 11.5 Å². The highest BCUT2D eigenvalue weighted by molar-refractivity contribution is 5.91. The lowest BCUT2D eigenvalue weighted by atomic mass is 10.1. The van der Waals surface area contributed by atoms with Gasteiger partial charge >= 0.3 is 0 Å². The zero-order valence-corrected chi connectivity index (χ0v) is 15.6. The lowest BCUT2D eigenvalue weighted by Crippen LogP contribution is -2.44. The minimum Gasteiger partial charge on any atom is -0.454 e. The van der Waals surface area contributed by atoms with E-state index in [1.807, 2.05) is 30.3 Å². The minimum atomic E-state index is 0.0139. The molecule has 2 aliphatic heterocycles. The molecule has 0 saturated carbocycles. The second kappa shape index (κ2) is 7.88. The van der Waals surface area contributed by atoms with E-state index in [4.69, 9.17) is 9.47 Å². The minimum absolute atomic E-state index is 0.0139. The van der Waals surface area contributed by atoms with Crippen LogP contribution in [0.4, 0.5) is 11.4 Å². The maximum absolute atomic E-state index is 12.3. The third-order valence-electron chi connectivity index (χ3n) is 5.10. The number of carbonyl (C=O) groups is 1. The molecule has 6 heteroatoms. The summed E-state index contributed by atoms with van der Waals surface area (Å²) in [7, 11) is 2.15. The summed E-state index contributed by atoms with van der Waals surface area (Å²) in [6.07, 6.45) is 1.10. The molecule has 1 N–H and O–H groups in total. The Kier molecular flexibility index (Phi) is 5.16. The number of ether oxygens (including phenoxy) is 2. The molecule has 0 bridgehead atoms. The first kappa shape index (κ1) is 17.7. The molecule has 2 aliphatic rings. The van der Waals surface area contributed by atoms with Crippen LogP contribution < -0.4 is 19.7 Å². The summed E-state index contributed by atoms with van der Waals surface area (Å²) in [4.78, 5) is 17.0. The second-order valence-electron chi connectivity index (χ2n) is 7.07. The number of nitrogens with zero attached hydrogens (tertiary/aromatic N) is 2. The zero-order valence-electron chi connectivity index (χ0n) is 15.6. The van der Waals surface area contributed by atoms with Crippen LogP contribution in [0.15, 0.2) is 42.5 Å². The molecule has 2 aromatic rings. The van der Waals surface area contributed by atoms with Gasteiger partial charge in [-0.05, 0) is 55.4 Å². The molecule has 142 valence electrons. The summed E-state index contributed by atoms with van der Waals surface area (Å²) in [6, 6.07) is 13.9. The Bertz CT molecular complexity index is 799. The Labute approximate surface area is 159 Å². The van der Waals surface area contributed by atoms with E-state index in [1.165, 1.54) is 5.69 Å². The Hall–Kier alpha value is -2.73. The third kappa shape index (κ3) is 4.34. The first-order chi connectivity index (χ1) is 13.2. The van der Waals surface area contributed by atoms with Crippen LogP contribution >= 0.6 is 0 Å². The highest BCUT2D eigenvalue weighted by atomic mass is 16.7. The Morgan fingerprint density at radius 3 is 2.52 bits per heavy atom. The molecular formula is C21H25N3O3. The van der Waals surface area contributed by atoms with Crippen molar-refractivity contribution in [1.82, 2.24) is 4.90 Å². The molecule has 0 aromatic heterocycles.